The maximum absolute atomic E-state index is 12.1. The molecule has 4 nitrogen and oxygen atoms in total. The molecule has 0 aromatic heterocycles. The molecule has 0 aliphatic carbocycles. The maximum atomic E-state index is 12.1. The second kappa shape index (κ2) is 8.51. The summed E-state index contributed by atoms with van der Waals surface area (Å²) in [4.78, 5) is 11.9. The minimum Gasteiger partial charge on any atom is -0.479 e. The van der Waals surface area contributed by atoms with Crippen LogP contribution in [-0.2, 0) is 19.4 Å². The Balaban J connectivity index is 2.48. The van der Waals surface area contributed by atoms with E-state index in [2.05, 4.69) is 0 Å². The van der Waals surface area contributed by atoms with Gasteiger partial charge in [-0.1, -0.05) is 29.5 Å². The summed E-state index contributed by atoms with van der Waals surface area (Å²) in [6.45, 7) is 4.16. The topological polar surface area (TPSA) is 60.4 Å². The minimum absolute atomic E-state index is 0.0159. The number of benzene rings is 1. The van der Waals surface area contributed by atoms with Gasteiger partial charge < -0.3 is 4.74 Å². The predicted molar refractivity (Wildman–Crippen MR) is 89.5 cm³/mol. The van der Waals surface area contributed by atoms with Crippen LogP contribution >= 0.6 is 24.0 Å². The third-order valence-corrected chi connectivity index (χ3v) is 5.67. The standard InChI is InChI=1S/C14H18O4S3/c1-3-18-14(19)20-10-12(15)8-9-21(16,17)13-6-4-11(2)5-7-13/h4-7H,3,8-10H2,1-2H3. The van der Waals surface area contributed by atoms with Crippen molar-refractivity contribution >= 4 is 44.0 Å². The number of ketones is 1. The molecule has 116 valence electrons. The van der Waals surface area contributed by atoms with E-state index < -0.39 is 9.84 Å². The molecular weight excluding hydrogens is 328 g/mol. The second-order valence-corrected chi connectivity index (χ2v) is 8.08. The van der Waals surface area contributed by atoms with E-state index in [0.717, 1.165) is 17.3 Å². The van der Waals surface area contributed by atoms with Crippen molar-refractivity contribution in [2.75, 3.05) is 18.1 Å². The molecule has 0 aliphatic heterocycles. The van der Waals surface area contributed by atoms with Crippen molar-refractivity contribution in [3.05, 3.63) is 29.8 Å². The number of carbonyl (C=O) groups excluding carboxylic acids is 1. The van der Waals surface area contributed by atoms with Gasteiger partial charge in [-0.25, -0.2) is 8.42 Å². The number of thioether (sulfide) groups is 1. The molecule has 0 saturated heterocycles. The first-order valence-corrected chi connectivity index (χ1v) is 9.50. The van der Waals surface area contributed by atoms with Crippen LogP contribution in [0.4, 0.5) is 0 Å². The molecule has 21 heavy (non-hydrogen) atoms. The fourth-order valence-electron chi connectivity index (χ4n) is 1.48. The normalized spacial score (nSPS) is 11.1. The number of sulfone groups is 1. The Kier molecular flexibility index (Phi) is 7.34. The van der Waals surface area contributed by atoms with Crippen LogP contribution in [0.2, 0.25) is 0 Å². The Morgan fingerprint density at radius 3 is 2.48 bits per heavy atom. The molecule has 0 aliphatic rings. The molecule has 0 heterocycles. The number of carbonyl (C=O) groups is 1. The highest BCUT2D eigenvalue weighted by molar-refractivity contribution is 8.23. The molecule has 0 spiro atoms. The molecule has 1 rings (SSSR count). The van der Waals surface area contributed by atoms with Crippen molar-refractivity contribution < 1.29 is 17.9 Å². The Morgan fingerprint density at radius 1 is 1.29 bits per heavy atom. The number of Topliss-reactive ketones (excluding diaryl/α,β-unsaturated/α-hetero) is 1. The number of hydrogen-bond acceptors (Lipinski definition) is 6. The summed E-state index contributed by atoms with van der Waals surface area (Å²) in [6, 6.07) is 6.61. The maximum Gasteiger partial charge on any atom is 0.220 e. The lowest BCUT2D eigenvalue weighted by molar-refractivity contribution is -0.116. The first kappa shape index (κ1) is 18.1. The predicted octanol–water partition coefficient (Wildman–Crippen LogP) is 2.78. The van der Waals surface area contributed by atoms with Crippen molar-refractivity contribution in [3.63, 3.8) is 0 Å². The quantitative estimate of drug-likeness (QED) is 0.708. The van der Waals surface area contributed by atoms with E-state index in [4.69, 9.17) is 17.0 Å². The van der Waals surface area contributed by atoms with Crippen LogP contribution in [0, 0.1) is 6.92 Å². The van der Waals surface area contributed by atoms with E-state index in [9.17, 15) is 13.2 Å². The van der Waals surface area contributed by atoms with Crippen LogP contribution in [0.1, 0.15) is 18.9 Å². The van der Waals surface area contributed by atoms with Gasteiger partial charge in [-0.2, -0.15) is 0 Å². The minimum atomic E-state index is -3.42. The van der Waals surface area contributed by atoms with Gasteiger partial charge in [-0.05, 0) is 38.2 Å². The molecule has 1 aromatic carbocycles. The zero-order valence-corrected chi connectivity index (χ0v) is 14.4. The highest BCUT2D eigenvalue weighted by atomic mass is 32.2. The summed E-state index contributed by atoms with van der Waals surface area (Å²) >= 11 is 6.01. The SMILES string of the molecule is CCOC(=S)SCC(=O)CCS(=O)(=O)c1ccc(C)cc1. The lowest BCUT2D eigenvalue weighted by Crippen LogP contribution is -2.13. The average molecular weight is 346 g/mol. The first-order valence-electron chi connectivity index (χ1n) is 6.46. The van der Waals surface area contributed by atoms with Gasteiger partial charge in [0.2, 0.25) is 4.38 Å². The fourth-order valence-corrected chi connectivity index (χ4v) is 3.68. The van der Waals surface area contributed by atoms with Gasteiger partial charge in [0.1, 0.15) is 5.78 Å². The van der Waals surface area contributed by atoms with Crippen molar-refractivity contribution in [2.45, 2.75) is 25.2 Å². The van der Waals surface area contributed by atoms with E-state index in [-0.39, 0.29) is 28.6 Å². The van der Waals surface area contributed by atoms with Gasteiger partial charge in [0, 0.05) is 6.42 Å². The molecule has 0 saturated carbocycles. The number of aryl methyl sites for hydroxylation is 1. The Bertz CT molecular complexity index is 591. The van der Waals surface area contributed by atoms with Crippen LogP contribution in [0.3, 0.4) is 0 Å². The first-order chi connectivity index (χ1) is 9.85. The Labute approximate surface area is 135 Å². The average Bonchev–Trinajstić information content (AvgIpc) is 2.44. The lowest BCUT2D eigenvalue weighted by Gasteiger charge is -2.05. The Morgan fingerprint density at radius 2 is 1.90 bits per heavy atom. The molecule has 7 heteroatoms. The van der Waals surface area contributed by atoms with Gasteiger partial charge in [0.25, 0.3) is 0 Å². The van der Waals surface area contributed by atoms with Gasteiger partial charge >= 0.3 is 0 Å². The van der Waals surface area contributed by atoms with E-state index >= 15 is 0 Å². The highest BCUT2D eigenvalue weighted by Gasteiger charge is 2.16. The molecule has 0 N–H and O–H groups in total. The molecule has 0 fully saturated rings. The van der Waals surface area contributed by atoms with E-state index in [1.54, 1.807) is 24.3 Å². The van der Waals surface area contributed by atoms with Crippen molar-refractivity contribution in [1.82, 2.24) is 0 Å². The summed E-state index contributed by atoms with van der Waals surface area (Å²) in [7, 11) is -3.42. The van der Waals surface area contributed by atoms with Crippen LogP contribution < -0.4 is 0 Å². The monoisotopic (exact) mass is 346 g/mol. The third-order valence-electron chi connectivity index (χ3n) is 2.64. The van der Waals surface area contributed by atoms with E-state index in [1.165, 1.54) is 0 Å². The summed E-state index contributed by atoms with van der Waals surface area (Å²) in [6.07, 6.45) is -0.0159. The van der Waals surface area contributed by atoms with Crippen LogP contribution in [0.25, 0.3) is 0 Å². The van der Waals surface area contributed by atoms with E-state index in [1.807, 2.05) is 13.8 Å². The number of rotatable bonds is 7. The highest BCUT2D eigenvalue weighted by Crippen LogP contribution is 2.14. The third kappa shape index (κ3) is 6.58. The summed E-state index contributed by atoms with van der Waals surface area (Å²) in [5, 5.41) is 0. The number of ether oxygens (including phenoxy) is 1. The molecule has 0 radical (unpaired) electrons. The summed E-state index contributed by atoms with van der Waals surface area (Å²) in [5.41, 5.74) is 0.992. The zero-order valence-electron chi connectivity index (χ0n) is 12.0. The van der Waals surface area contributed by atoms with Crippen molar-refractivity contribution in [2.24, 2.45) is 0 Å². The molecule has 0 amide bonds. The van der Waals surface area contributed by atoms with Crippen LogP contribution in [0.15, 0.2) is 29.2 Å². The largest absolute Gasteiger partial charge is 0.479 e. The van der Waals surface area contributed by atoms with E-state index in [0.29, 0.717) is 11.0 Å². The summed E-state index contributed by atoms with van der Waals surface area (Å²) < 4.78 is 29.5. The lowest BCUT2D eigenvalue weighted by atomic mass is 10.2. The van der Waals surface area contributed by atoms with Crippen molar-refractivity contribution in [3.8, 4) is 0 Å². The van der Waals surface area contributed by atoms with Gasteiger partial charge in [0.15, 0.2) is 9.84 Å². The van der Waals surface area contributed by atoms with Gasteiger partial charge in [-0.15, -0.1) is 0 Å². The number of hydrogen-bond donors (Lipinski definition) is 0. The second-order valence-electron chi connectivity index (χ2n) is 4.39. The smallest absolute Gasteiger partial charge is 0.220 e. The molecule has 0 bridgehead atoms. The zero-order chi connectivity index (χ0) is 15.9. The van der Waals surface area contributed by atoms with Gasteiger partial charge in [-0.3, -0.25) is 4.79 Å². The fraction of sp³-hybridized carbons (Fsp3) is 0.429. The molecule has 0 atom stereocenters. The Hall–Kier alpha value is -0.920. The van der Waals surface area contributed by atoms with Crippen LogP contribution in [0.5, 0.6) is 0 Å². The summed E-state index contributed by atoms with van der Waals surface area (Å²) in [5.74, 6) is -0.197. The molecule has 1 aromatic rings. The van der Waals surface area contributed by atoms with Crippen LogP contribution in [-0.4, -0.2) is 36.7 Å². The van der Waals surface area contributed by atoms with Crippen molar-refractivity contribution in [1.29, 1.82) is 0 Å². The number of thiocarbonyl (C=S) groups is 1. The van der Waals surface area contributed by atoms with Gasteiger partial charge in [0.05, 0.1) is 23.0 Å². The molecule has 0 unspecified atom stereocenters. The molecular formula is C14H18O4S3.